The van der Waals surface area contributed by atoms with Crippen molar-refractivity contribution in [3.63, 3.8) is 0 Å². The van der Waals surface area contributed by atoms with Crippen LogP contribution in [0.25, 0.3) is 0 Å². The minimum atomic E-state index is -0.524. The molecule has 2 aromatic carbocycles. The standard InChI is InChI=1S/C18H18BrFN2O2/c1-11-3-5-13(6-4-11)17(21-12(2)23)10-18(24)22-16-8-7-14(19)9-15(16)20/h3-9,17H,10H2,1-2H3,(H,21,23)(H,22,24). The van der Waals surface area contributed by atoms with E-state index in [2.05, 4.69) is 26.6 Å². The number of carbonyl (C=O) groups is 2. The zero-order chi connectivity index (χ0) is 17.7. The number of aryl methyl sites for hydroxylation is 1. The normalized spacial score (nSPS) is 11.7. The Labute approximate surface area is 148 Å². The quantitative estimate of drug-likeness (QED) is 0.804. The maximum atomic E-state index is 13.8. The van der Waals surface area contributed by atoms with E-state index in [1.807, 2.05) is 31.2 Å². The zero-order valence-electron chi connectivity index (χ0n) is 13.4. The first-order valence-electron chi connectivity index (χ1n) is 7.43. The molecule has 1 unspecified atom stereocenters. The van der Waals surface area contributed by atoms with Gasteiger partial charge in [-0.1, -0.05) is 45.8 Å². The second-order valence-corrected chi connectivity index (χ2v) is 6.46. The Kier molecular flexibility index (Phi) is 6.09. The molecule has 2 amide bonds. The summed E-state index contributed by atoms with van der Waals surface area (Å²) in [6, 6.07) is 11.5. The van der Waals surface area contributed by atoms with Gasteiger partial charge in [0.25, 0.3) is 0 Å². The van der Waals surface area contributed by atoms with E-state index in [1.54, 1.807) is 6.07 Å². The second-order valence-electron chi connectivity index (χ2n) is 5.54. The number of benzene rings is 2. The third kappa shape index (κ3) is 5.16. The van der Waals surface area contributed by atoms with Crippen molar-refractivity contribution in [2.75, 3.05) is 5.32 Å². The molecule has 0 spiro atoms. The number of hydrogen-bond acceptors (Lipinski definition) is 2. The van der Waals surface area contributed by atoms with Gasteiger partial charge in [0.05, 0.1) is 18.2 Å². The van der Waals surface area contributed by atoms with E-state index >= 15 is 0 Å². The summed E-state index contributed by atoms with van der Waals surface area (Å²) in [6.07, 6.45) is 0.0120. The van der Waals surface area contributed by atoms with Crippen molar-refractivity contribution in [3.05, 3.63) is 63.9 Å². The second kappa shape index (κ2) is 8.06. The van der Waals surface area contributed by atoms with Crippen molar-refractivity contribution in [3.8, 4) is 0 Å². The third-order valence-corrected chi connectivity index (χ3v) is 3.95. The Morgan fingerprint density at radius 3 is 2.42 bits per heavy atom. The first kappa shape index (κ1) is 18.1. The Balaban J connectivity index is 2.12. The predicted molar refractivity (Wildman–Crippen MR) is 95.1 cm³/mol. The lowest BCUT2D eigenvalue weighted by Crippen LogP contribution is -2.29. The lowest BCUT2D eigenvalue weighted by molar-refractivity contribution is -0.120. The first-order chi connectivity index (χ1) is 11.3. The van der Waals surface area contributed by atoms with Crippen LogP contribution in [0, 0.1) is 12.7 Å². The smallest absolute Gasteiger partial charge is 0.226 e. The molecule has 0 saturated heterocycles. The number of carbonyl (C=O) groups excluding carboxylic acids is 2. The highest BCUT2D eigenvalue weighted by Gasteiger charge is 2.18. The van der Waals surface area contributed by atoms with Gasteiger partial charge < -0.3 is 10.6 Å². The fourth-order valence-corrected chi connectivity index (χ4v) is 2.61. The van der Waals surface area contributed by atoms with E-state index < -0.39 is 11.9 Å². The van der Waals surface area contributed by atoms with Crippen molar-refractivity contribution >= 4 is 33.4 Å². The lowest BCUT2D eigenvalue weighted by atomic mass is 10.0. The van der Waals surface area contributed by atoms with Crippen molar-refractivity contribution in [1.29, 1.82) is 0 Å². The minimum Gasteiger partial charge on any atom is -0.349 e. The van der Waals surface area contributed by atoms with Crippen LogP contribution in [0.4, 0.5) is 10.1 Å². The Bertz CT molecular complexity index is 747. The van der Waals surface area contributed by atoms with Gasteiger partial charge in [-0.05, 0) is 30.7 Å². The molecule has 0 bridgehead atoms. The molecule has 24 heavy (non-hydrogen) atoms. The molecule has 1 atom stereocenters. The molecule has 2 aromatic rings. The summed E-state index contributed by atoms with van der Waals surface area (Å²) >= 11 is 3.17. The monoisotopic (exact) mass is 392 g/mol. The molecule has 126 valence electrons. The topological polar surface area (TPSA) is 58.2 Å². The molecule has 2 N–H and O–H groups in total. The van der Waals surface area contributed by atoms with Gasteiger partial charge in [0, 0.05) is 11.4 Å². The summed E-state index contributed by atoms with van der Waals surface area (Å²) in [5, 5.41) is 5.29. The summed E-state index contributed by atoms with van der Waals surface area (Å²) in [5.41, 5.74) is 2.01. The fourth-order valence-electron chi connectivity index (χ4n) is 2.27. The van der Waals surface area contributed by atoms with Crippen molar-refractivity contribution in [2.24, 2.45) is 0 Å². The van der Waals surface area contributed by atoms with Crippen LogP contribution in [-0.4, -0.2) is 11.8 Å². The van der Waals surface area contributed by atoms with E-state index in [0.29, 0.717) is 4.47 Å². The van der Waals surface area contributed by atoms with Crippen molar-refractivity contribution < 1.29 is 14.0 Å². The van der Waals surface area contributed by atoms with Gasteiger partial charge in [0.2, 0.25) is 11.8 Å². The summed E-state index contributed by atoms with van der Waals surface area (Å²) in [4.78, 5) is 23.7. The molecule has 0 radical (unpaired) electrons. The first-order valence-corrected chi connectivity index (χ1v) is 8.23. The predicted octanol–water partition coefficient (Wildman–Crippen LogP) is 4.10. The average Bonchev–Trinajstić information content (AvgIpc) is 2.50. The summed E-state index contributed by atoms with van der Waals surface area (Å²) in [5.74, 6) is -1.14. The van der Waals surface area contributed by atoms with Crippen LogP contribution >= 0.6 is 15.9 Å². The molecular formula is C18H18BrFN2O2. The molecule has 0 saturated carbocycles. The number of halogens is 2. The highest BCUT2D eigenvalue weighted by Crippen LogP contribution is 2.22. The molecular weight excluding hydrogens is 375 g/mol. The van der Waals surface area contributed by atoms with Crippen molar-refractivity contribution in [2.45, 2.75) is 26.3 Å². The Morgan fingerprint density at radius 2 is 1.83 bits per heavy atom. The van der Waals surface area contributed by atoms with E-state index in [-0.39, 0.29) is 23.9 Å². The number of amides is 2. The number of rotatable bonds is 5. The van der Waals surface area contributed by atoms with Gasteiger partial charge in [0.1, 0.15) is 5.82 Å². The van der Waals surface area contributed by atoms with Crippen LogP contribution in [0.15, 0.2) is 46.9 Å². The molecule has 0 aliphatic rings. The summed E-state index contributed by atoms with van der Waals surface area (Å²) in [6.45, 7) is 3.35. The lowest BCUT2D eigenvalue weighted by Gasteiger charge is -2.18. The van der Waals surface area contributed by atoms with Crippen LogP contribution in [-0.2, 0) is 9.59 Å². The van der Waals surface area contributed by atoms with Gasteiger partial charge in [0.15, 0.2) is 0 Å². The van der Waals surface area contributed by atoms with Crippen LogP contribution in [0.2, 0.25) is 0 Å². The van der Waals surface area contributed by atoms with Crippen LogP contribution in [0.5, 0.6) is 0 Å². The molecule has 0 aliphatic heterocycles. The molecule has 4 nitrogen and oxygen atoms in total. The molecule has 2 rings (SSSR count). The van der Waals surface area contributed by atoms with Gasteiger partial charge >= 0.3 is 0 Å². The maximum Gasteiger partial charge on any atom is 0.226 e. The number of hydrogen-bond donors (Lipinski definition) is 2. The van der Waals surface area contributed by atoms with Crippen LogP contribution in [0.3, 0.4) is 0 Å². The number of nitrogens with one attached hydrogen (secondary N) is 2. The average molecular weight is 393 g/mol. The SMILES string of the molecule is CC(=O)NC(CC(=O)Nc1ccc(Br)cc1F)c1ccc(C)cc1. The fraction of sp³-hybridized carbons (Fsp3) is 0.222. The summed E-state index contributed by atoms with van der Waals surface area (Å²) < 4.78 is 14.4. The molecule has 0 aliphatic carbocycles. The Hall–Kier alpha value is -2.21. The van der Waals surface area contributed by atoms with Gasteiger partial charge in [-0.2, -0.15) is 0 Å². The maximum absolute atomic E-state index is 13.8. The summed E-state index contributed by atoms with van der Waals surface area (Å²) in [7, 11) is 0. The van der Waals surface area contributed by atoms with Crippen LogP contribution < -0.4 is 10.6 Å². The highest BCUT2D eigenvalue weighted by molar-refractivity contribution is 9.10. The van der Waals surface area contributed by atoms with Gasteiger partial charge in [-0.3, -0.25) is 9.59 Å². The molecule has 0 fully saturated rings. The third-order valence-electron chi connectivity index (χ3n) is 3.45. The molecule has 0 heterocycles. The minimum absolute atomic E-state index is 0.0120. The van der Waals surface area contributed by atoms with Crippen molar-refractivity contribution in [1.82, 2.24) is 5.32 Å². The van der Waals surface area contributed by atoms with E-state index in [9.17, 15) is 14.0 Å². The van der Waals surface area contributed by atoms with Gasteiger partial charge in [-0.25, -0.2) is 4.39 Å². The van der Waals surface area contributed by atoms with E-state index in [1.165, 1.54) is 19.1 Å². The van der Waals surface area contributed by atoms with E-state index in [0.717, 1.165) is 11.1 Å². The molecule has 0 aromatic heterocycles. The van der Waals surface area contributed by atoms with E-state index in [4.69, 9.17) is 0 Å². The highest BCUT2D eigenvalue weighted by atomic mass is 79.9. The molecule has 6 heteroatoms. The number of anilines is 1. The van der Waals surface area contributed by atoms with Crippen LogP contribution in [0.1, 0.15) is 30.5 Å². The largest absolute Gasteiger partial charge is 0.349 e. The van der Waals surface area contributed by atoms with Gasteiger partial charge in [-0.15, -0.1) is 0 Å². The Morgan fingerprint density at radius 1 is 1.17 bits per heavy atom. The zero-order valence-corrected chi connectivity index (χ0v) is 15.0.